The number of hydrogen-bond donors (Lipinski definition) is 0. The zero-order valence-corrected chi connectivity index (χ0v) is 12.5. The second-order valence-electron chi connectivity index (χ2n) is 5.10. The van der Waals surface area contributed by atoms with Gasteiger partial charge in [0.1, 0.15) is 5.52 Å². The minimum Gasteiger partial charge on any atom is -0.437 e. The minimum atomic E-state index is -0.0977. The van der Waals surface area contributed by atoms with Gasteiger partial charge in [-0.3, -0.25) is 4.79 Å². The monoisotopic (exact) mass is 310 g/mol. The molecule has 0 saturated carbocycles. The Kier molecular flexibility index (Phi) is 2.81. The molecule has 1 aliphatic heterocycles. The molecule has 0 bridgehead atoms. The summed E-state index contributed by atoms with van der Waals surface area (Å²) in [5.41, 5.74) is 3.62. The number of rotatable bonds is 1. The van der Waals surface area contributed by atoms with E-state index in [9.17, 15) is 4.79 Å². The van der Waals surface area contributed by atoms with E-state index >= 15 is 0 Å². The Morgan fingerprint density at radius 2 is 2.05 bits per heavy atom. The molecule has 108 valence electrons. The van der Waals surface area contributed by atoms with Crippen LogP contribution in [0.15, 0.2) is 46.9 Å². The SMILES string of the molecule is CN1C(=O)C(=Cc2nc3ccccc3o2)c2cc(Cl)ccc21. The van der Waals surface area contributed by atoms with Crippen LogP contribution < -0.4 is 4.90 Å². The number of benzene rings is 2. The van der Waals surface area contributed by atoms with Crippen LogP contribution in [-0.4, -0.2) is 17.9 Å². The maximum Gasteiger partial charge on any atom is 0.258 e. The third-order valence-corrected chi connectivity index (χ3v) is 3.96. The Hall–Kier alpha value is -2.59. The molecule has 2 heterocycles. The Labute approximate surface area is 131 Å². The van der Waals surface area contributed by atoms with Crippen molar-refractivity contribution in [3.8, 4) is 0 Å². The lowest BCUT2D eigenvalue weighted by Crippen LogP contribution is -2.20. The number of likely N-dealkylation sites (N-methyl/N-ethyl adjacent to an activating group) is 1. The van der Waals surface area contributed by atoms with Crippen LogP contribution in [0.25, 0.3) is 22.7 Å². The lowest BCUT2D eigenvalue weighted by Gasteiger charge is -2.08. The Balaban J connectivity index is 1.88. The second kappa shape index (κ2) is 4.71. The molecule has 1 aliphatic rings. The number of carbonyl (C=O) groups is 1. The number of halogens is 1. The number of aromatic nitrogens is 1. The molecule has 0 atom stereocenters. The van der Waals surface area contributed by atoms with Crippen LogP contribution in [0.1, 0.15) is 11.5 Å². The van der Waals surface area contributed by atoms with Gasteiger partial charge < -0.3 is 9.32 Å². The maximum atomic E-state index is 12.4. The average molecular weight is 311 g/mol. The van der Waals surface area contributed by atoms with Gasteiger partial charge in [0.15, 0.2) is 5.58 Å². The van der Waals surface area contributed by atoms with Crippen molar-refractivity contribution in [1.82, 2.24) is 4.98 Å². The molecule has 1 aromatic heterocycles. The highest BCUT2D eigenvalue weighted by Gasteiger charge is 2.30. The first-order valence-corrected chi connectivity index (χ1v) is 7.16. The molecule has 0 unspecified atom stereocenters. The number of fused-ring (bicyclic) bond motifs is 2. The van der Waals surface area contributed by atoms with Gasteiger partial charge in [-0.2, -0.15) is 0 Å². The van der Waals surface area contributed by atoms with Crippen molar-refractivity contribution in [2.75, 3.05) is 11.9 Å². The number of hydrogen-bond acceptors (Lipinski definition) is 3. The molecule has 0 radical (unpaired) electrons. The Bertz CT molecular complexity index is 910. The van der Waals surface area contributed by atoms with Gasteiger partial charge in [0.2, 0.25) is 5.89 Å². The van der Waals surface area contributed by atoms with Crippen molar-refractivity contribution in [2.45, 2.75) is 0 Å². The highest BCUT2D eigenvalue weighted by Crippen LogP contribution is 2.38. The van der Waals surface area contributed by atoms with Crippen molar-refractivity contribution in [3.05, 3.63) is 58.9 Å². The fraction of sp³-hybridized carbons (Fsp3) is 0.0588. The van der Waals surface area contributed by atoms with Crippen LogP contribution in [0.5, 0.6) is 0 Å². The molecular formula is C17H11ClN2O2. The quantitative estimate of drug-likeness (QED) is 0.638. The topological polar surface area (TPSA) is 46.3 Å². The predicted octanol–water partition coefficient (Wildman–Crippen LogP) is 4.00. The summed E-state index contributed by atoms with van der Waals surface area (Å²) in [6, 6.07) is 12.9. The van der Waals surface area contributed by atoms with Crippen LogP contribution in [0.3, 0.4) is 0 Å². The van der Waals surface area contributed by atoms with Crippen molar-refractivity contribution in [1.29, 1.82) is 0 Å². The van der Waals surface area contributed by atoms with E-state index in [1.54, 1.807) is 30.2 Å². The van der Waals surface area contributed by atoms with E-state index in [1.807, 2.05) is 30.3 Å². The second-order valence-corrected chi connectivity index (χ2v) is 5.54. The summed E-state index contributed by atoms with van der Waals surface area (Å²) in [6.45, 7) is 0. The van der Waals surface area contributed by atoms with E-state index in [4.69, 9.17) is 16.0 Å². The molecule has 0 aliphatic carbocycles. The van der Waals surface area contributed by atoms with E-state index < -0.39 is 0 Å². The van der Waals surface area contributed by atoms with Crippen LogP contribution in [0.4, 0.5) is 5.69 Å². The minimum absolute atomic E-state index is 0.0977. The molecular weight excluding hydrogens is 300 g/mol. The largest absolute Gasteiger partial charge is 0.437 e. The third kappa shape index (κ3) is 1.92. The first-order valence-electron chi connectivity index (χ1n) is 6.79. The van der Waals surface area contributed by atoms with Crippen LogP contribution in [0, 0.1) is 0 Å². The summed E-state index contributed by atoms with van der Waals surface area (Å²) < 4.78 is 5.67. The number of carbonyl (C=O) groups excluding carboxylic acids is 1. The lowest BCUT2D eigenvalue weighted by molar-refractivity contribution is -0.112. The molecule has 3 aromatic rings. The van der Waals surface area contributed by atoms with Gasteiger partial charge in [0.25, 0.3) is 5.91 Å². The van der Waals surface area contributed by atoms with Gasteiger partial charge >= 0.3 is 0 Å². The standard InChI is InChI=1S/C17H11ClN2O2/c1-20-14-7-6-10(18)8-11(14)12(17(20)21)9-16-19-13-4-2-3-5-15(13)22-16/h2-9H,1H3. The number of nitrogens with zero attached hydrogens (tertiary/aromatic N) is 2. The molecule has 5 heteroatoms. The molecule has 0 fully saturated rings. The van der Waals surface area contributed by atoms with Crippen LogP contribution in [-0.2, 0) is 4.79 Å². The zero-order valence-electron chi connectivity index (χ0n) is 11.7. The van der Waals surface area contributed by atoms with E-state index in [-0.39, 0.29) is 5.91 Å². The van der Waals surface area contributed by atoms with Gasteiger partial charge in [0, 0.05) is 23.7 Å². The van der Waals surface area contributed by atoms with Crippen molar-refractivity contribution >= 4 is 45.9 Å². The molecule has 0 N–H and O–H groups in total. The molecule has 1 amide bonds. The zero-order chi connectivity index (χ0) is 15.3. The summed E-state index contributed by atoms with van der Waals surface area (Å²) in [7, 11) is 1.74. The average Bonchev–Trinajstić information content (AvgIpc) is 3.02. The van der Waals surface area contributed by atoms with Gasteiger partial charge in [-0.15, -0.1) is 0 Å². The highest BCUT2D eigenvalue weighted by atomic mass is 35.5. The first kappa shape index (κ1) is 13.1. The molecule has 4 nitrogen and oxygen atoms in total. The van der Waals surface area contributed by atoms with Gasteiger partial charge in [-0.1, -0.05) is 23.7 Å². The van der Waals surface area contributed by atoms with Crippen molar-refractivity contribution < 1.29 is 9.21 Å². The van der Waals surface area contributed by atoms with E-state index in [1.165, 1.54) is 0 Å². The van der Waals surface area contributed by atoms with Gasteiger partial charge in [-0.05, 0) is 30.3 Å². The molecule has 0 saturated heterocycles. The van der Waals surface area contributed by atoms with E-state index in [0.29, 0.717) is 22.1 Å². The normalized spacial score (nSPS) is 15.8. The smallest absolute Gasteiger partial charge is 0.258 e. The Morgan fingerprint density at radius 3 is 2.86 bits per heavy atom. The molecule has 0 spiro atoms. The number of anilines is 1. The summed E-state index contributed by atoms with van der Waals surface area (Å²) in [5.74, 6) is 0.310. The highest BCUT2D eigenvalue weighted by molar-refractivity contribution is 6.37. The number of oxazole rings is 1. The summed E-state index contributed by atoms with van der Waals surface area (Å²) >= 11 is 6.06. The molecule has 22 heavy (non-hydrogen) atoms. The summed E-state index contributed by atoms with van der Waals surface area (Å²) in [4.78, 5) is 18.4. The van der Waals surface area contributed by atoms with Crippen molar-refractivity contribution in [3.63, 3.8) is 0 Å². The van der Waals surface area contributed by atoms with Crippen LogP contribution in [0.2, 0.25) is 5.02 Å². The predicted molar refractivity (Wildman–Crippen MR) is 86.7 cm³/mol. The lowest BCUT2D eigenvalue weighted by atomic mass is 10.1. The van der Waals surface area contributed by atoms with Crippen molar-refractivity contribution in [2.24, 2.45) is 0 Å². The fourth-order valence-electron chi connectivity index (χ4n) is 2.64. The van der Waals surface area contributed by atoms with Crippen LogP contribution >= 0.6 is 11.6 Å². The third-order valence-electron chi connectivity index (χ3n) is 3.72. The number of amides is 1. The maximum absolute atomic E-state index is 12.4. The van der Waals surface area contributed by atoms with E-state index in [0.717, 1.165) is 16.8 Å². The molecule has 2 aromatic carbocycles. The molecule has 4 rings (SSSR count). The number of para-hydroxylation sites is 2. The van der Waals surface area contributed by atoms with E-state index in [2.05, 4.69) is 4.98 Å². The summed E-state index contributed by atoms with van der Waals surface area (Å²) in [6.07, 6.45) is 1.67. The fourth-order valence-corrected chi connectivity index (χ4v) is 2.81. The Morgan fingerprint density at radius 1 is 1.23 bits per heavy atom. The van der Waals surface area contributed by atoms with Gasteiger partial charge in [-0.25, -0.2) is 4.98 Å². The first-order chi connectivity index (χ1) is 10.6. The van der Waals surface area contributed by atoms with Gasteiger partial charge in [0.05, 0.1) is 11.3 Å². The summed E-state index contributed by atoms with van der Waals surface area (Å²) in [5, 5.41) is 0.588.